The van der Waals surface area contributed by atoms with Crippen LogP contribution in [0.2, 0.25) is 0 Å². The van der Waals surface area contributed by atoms with E-state index in [4.69, 9.17) is 0 Å². The van der Waals surface area contributed by atoms with Gasteiger partial charge in [0, 0.05) is 5.39 Å². The molecule has 0 heterocycles. The van der Waals surface area contributed by atoms with Gasteiger partial charge in [0.05, 0.1) is 0 Å². The summed E-state index contributed by atoms with van der Waals surface area (Å²) in [5, 5.41) is -0.183. The van der Waals surface area contributed by atoms with Crippen molar-refractivity contribution in [2.75, 3.05) is 0 Å². The van der Waals surface area contributed by atoms with Crippen LogP contribution in [-0.2, 0) is 12.6 Å². The standard InChI is InChI=1S/C26H19F5/c1-2-3-16-4-6-17(7-5-16)18-8-10-19(11-9-18)20-12-13-22-21(14-20)15-23(27)24(25(22)28)26(29,30)31/h4-15H,2-3H2,1H3. The van der Waals surface area contributed by atoms with Gasteiger partial charge in [-0.1, -0.05) is 74.0 Å². The van der Waals surface area contributed by atoms with Crippen molar-refractivity contribution < 1.29 is 22.0 Å². The lowest BCUT2D eigenvalue weighted by Crippen LogP contribution is -2.11. The highest BCUT2D eigenvalue weighted by atomic mass is 19.4. The van der Waals surface area contributed by atoms with E-state index >= 15 is 0 Å². The third kappa shape index (κ3) is 4.18. The zero-order valence-corrected chi connectivity index (χ0v) is 16.7. The van der Waals surface area contributed by atoms with Crippen LogP contribution in [0.25, 0.3) is 33.0 Å². The van der Waals surface area contributed by atoms with Crippen LogP contribution >= 0.6 is 0 Å². The first kappa shape index (κ1) is 21.0. The molecule has 0 bridgehead atoms. The number of fused-ring (bicyclic) bond motifs is 1. The topological polar surface area (TPSA) is 0 Å². The molecule has 0 saturated carbocycles. The van der Waals surface area contributed by atoms with Crippen molar-refractivity contribution in [3.05, 3.63) is 95.6 Å². The zero-order valence-electron chi connectivity index (χ0n) is 16.7. The van der Waals surface area contributed by atoms with Gasteiger partial charge in [-0.2, -0.15) is 13.2 Å². The molecule has 5 heteroatoms. The van der Waals surface area contributed by atoms with Crippen LogP contribution in [0.4, 0.5) is 22.0 Å². The van der Waals surface area contributed by atoms with Gasteiger partial charge in [-0.25, -0.2) is 8.78 Å². The maximum atomic E-state index is 14.3. The largest absolute Gasteiger partial charge is 0.422 e. The van der Waals surface area contributed by atoms with Crippen LogP contribution < -0.4 is 0 Å². The molecule has 0 spiro atoms. The Morgan fingerprint density at radius 2 is 1.19 bits per heavy atom. The molecule has 4 rings (SSSR count). The lowest BCUT2D eigenvalue weighted by atomic mass is 9.96. The maximum Gasteiger partial charge on any atom is 0.422 e. The van der Waals surface area contributed by atoms with E-state index in [1.807, 2.05) is 24.3 Å². The third-order valence-electron chi connectivity index (χ3n) is 5.36. The fraction of sp³-hybridized carbons (Fsp3) is 0.154. The van der Waals surface area contributed by atoms with Crippen LogP contribution in [0.15, 0.2) is 72.8 Å². The quantitative estimate of drug-likeness (QED) is 0.287. The van der Waals surface area contributed by atoms with E-state index < -0.39 is 23.4 Å². The SMILES string of the molecule is CCCc1ccc(-c2ccc(-c3ccc4c(F)c(C(F)(F)F)c(F)cc4c3)cc2)cc1. The number of hydrogen-bond donors (Lipinski definition) is 0. The van der Waals surface area contributed by atoms with Crippen molar-refractivity contribution in [2.24, 2.45) is 0 Å². The zero-order chi connectivity index (χ0) is 22.2. The molecule has 158 valence electrons. The number of hydrogen-bond acceptors (Lipinski definition) is 0. The van der Waals surface area contributed by atoms with Crippen LogP contribution in [0.3, 0.4) is 0 Å². The number of benzene rings is 4. The molecule has 0 atom stereocenters. The summed E-state index contributed by atoms with van der Waals surface area (Å²) in [6.07, 6.45) is -2.97. The lowest BCUT2D eigenvalue weighted by molar-refractivity contribution is -0.142. The highest BCUT2D eigenvalue weighted by molar-refractivity contribution is 5.89. The Kier molecular flexibility index (Phi) is 5.52. The van der Waals surface area contributed by atoms with Crippen molar-refractivity contribution in [1.29, 1.82) is 0 Å². The van der Waals surface area contributed by atoms with Crippen molar-refractivity contribution in [2.45, 2.75) is 25.9 Å². The van der Waals surface area contributed by atoms with Crippen molar-refractivity contribution in [1.82, 2.24) is 0 Å². The Balaban J connectivity index is 1.67. The molecule has 0 unspecified atom stereocenters. The van der Waals surface area contributed by atoms with E-state index in [1.54, 1.807) is 0 Å². The molecular weight excluding hydrogens is 407 g/mol. The molecule has 0 radical (unpaired) electrons. The fourth-order valence-corrected chi connectivity index (χ4v) is 3.78. The summed E-state index contributed by atoms with van der Waals surface area (Å²) in [7, 11) is 0. The average Bonchev–Trinajstić information content (AvgIpc) is 2.73. The van der Waals surface area contributed by atoms with Crippen LogP contribution in [0.5, 0.6) is 0 Å². The second-order valence-electron chi connectivity index (χ2n) is 7.51. The second kappa shape index (κ2) is 8.14. The predicted octanol–water partition coefficient (Wildman–Crippen LogP) is 8.42. The smallest absolute Gasteiger partial charge is 0.206 e. The Morgan fingerprint density at radius 3 is 1.74 bits per heavy atom. The summed E-state index contributed by atoms with van der Waals surface area (Å²) in [6, 6.07) is 21.0. The Bertz CT molecular complexity index is 1220. The van der Waals surface area contributed by atoms with E-state index in [0.29, 0.717) is 5.56 Å². The molecule has 0 aliphatic rings. The van der Waals surface area contributed by atoms with E-state index in [2.05, 4.69) is 31.2 Å². The number of aryl methyl sites for hydroxylation is 1. The molecule has 0 N–H and O–H groups in total. The number of alkyl halides is 3. The minimum Gasteiger partial charge on any atom is -0.206 e. The molecule has 4 aromatic rings. The molecule has 0 amide bonds. The Morgan fingerprint density at radius 1 is 0.677 bits per heavy atom. The fourth-order valence-electron chi connectivity index (χ4n) is 3.78. The first-order chi connectivity index (χ1) is 14.8. The summed E-state index contributed by atoms with van der Waals surface area (Å²) < 4.78 is 67.1. The maximum absolute atomic E-state index is 14.3. The second-order valence-corrected chi connectivity index (χ2v) is 7.51. The molecule has 0 aliphatic carbocycles. The molecule has 0 aromatic heterocycles. The van der Waals surface area contributed by atoms with E-state index in [-0.39, 0.29) is 10.8 Å². The summed E-state index contributed by atoms with van der Waals surface area (Å²) in [4.78, 5) is 0. The summed E-state index contributed by atoms with van der Waals surface area (Å²) in [5.41, 5.74) is 2.99. The molecule has 4 aromatic carbocycles. The van der Waals surface area contributed by atoms with Crippen LogP contribution in [0, 0.1) is 11.6 Å². The van der Waals surface area contributed by atoms with Gasteiger partial charge in [-0.05, 0) is 51.8 Å². The minimum atomic E-state index is -5.09. The van der Waals surface area contributed by atoms with Crippen LogP contribution in [-0.4, -0.2) is 0 Å². The highest BCUT2D eigenvalue weighted by Gasteiger charge is 2.38. The number of halogens is 5. The molecule has 0 saturated heterocycles. The summed E-state index contributed by atoms with van der Waals surface area (Å²) in [5.74, 6) is -3.20. The van der Waals surface area contributed by atoms with Gasteiger partial charge in [0.2, 0.25) is 0 Å². The molecular formula is C26H19F5. The lowest BCUT2D eigenvalue weighted by Gasteiger charge is -2.12. The van der Waals surface area contributed by atoms with Crippen molar-refractivity contribution in [3.8, 4) is 22.3 Å². The normalized spacial score (nSPS) is 11.8. The number of rotatable bonds is 4. The molecule has 0 nitrogen and oxygen atoms in total. The molecule has 31 heavy (non-hydrogen) atoms. The van der Waals surface area contributed by atoms with Crippen LogP contribution in [0.1, 0.15) is 24.5 Å². The van der Waals surface area contributed by atoms with Gasteiger partial charge in [0.1, 0.15) is 17.2 Å². The third-order valence-corrected chi connectivity index (χ3v) is 5.36. The van der Waals surface area contributed by atoms with Gasteiger partial charge in [0.15, 0.2) is 0 Å². The van der Waals surface area contributed by atoms with E-state index in [1.165, 1.54) is 23.8 Å². The first-order valence-electron chi connectivity index (χ1n) is 9.96. The first-order valence-corrected chi connectivity index (χ1v) is 9.96. The minimum absolute atomic E-state index is 0.0797. The molecule has 0 fully saturated rings. The van der Waals surface area contributed by atoms with Crippen molar-refractivity contribution in [3.63, 3.8) is 0 Å². The predicted molar refractivity (Wildman–Crippen MR) is 114 cm³/mol. The highest BCUT2D eigenvalue weighted by Crippen LogP contribution is 2.38. The van der Waals surface area contributed by atoms with Gasteiger partial charge < -0.3 is 0 Å². The average molecular weight is 426 g/mol. The van der Waals surface area contributed by atoms with E-state index in [9.17, 15) is 22.0 Å². The summed E-state index contributed by atoms with van der Waals surface area (Å²) in [6.45, 7) is 2.14. The van der Waals surface area contributed by atoms with E-state index in [0.717, 1.165) is 35.6 Å². The summed E-state index contributed by atoms with van der Waals surface area (Å²) >= 11 is 0. The Hall–Kier alpha value is -3.21. The Labute approximate surface area is 177 Å². The van der Waals surface area contributed by atoms with Gasteiger partial charge in [0.25, 0.3) is 0 Å². The van der Waals surface area contributed by atoms with Gasteiger partial charge in [-0.3, -0.25) is 0 Å². The van der Waals surface area contributed by atoms with Gasteiger partial charge >= 0.3 is 6.18 Å². The van der Waals surface area contributed by atoms with Gasteiger partial charge in [-0.15, -0.1) is 0 Å². The molecule has 0 aliphatic heterocycles. The monoisotopic (exact) mass is 426 g/mol. The van der Waals surface area contributed by atoms with Crippen molar-refractivity contribution >= 4 is 10.8 Å².